The van der Waals surface area contributed by atoms with E-state index in [1.165, 1.54) is 33.0 Å². The number of fused-ring (bicyclic) bond motifs is 3. The fourth-order valence-corrected chi connectivity index (χ4v) is 7.00. The van der Waals surface area contributed by atoms with Crippen molar-refractivity contribution in [2.24, 2.45) is 5.10 Å². The van der Waals surface area contributed by atoms with E-state index in [-0.39, 0.29) is 11.2 Å². The molecule has 0 radical (unpaired) electrons. The Kier molecular flexibility index (Phi) is 6.02. The van der Waals surface area contributed by atoms with Crippen LogP contribution in [0.1, 0.15) is 29.1 Å². The van der Waals surface area contributed by atoms with Crippen LogP contribution in [0.3, 0.4) is 0 Å². The molecule has 5 aromatic rings. The minimum atomic E-state index is -0.424. The van der Waals surface area contributed by atoms with Gasteiger partial charge in [-0.2, -0.15) is 4.68 Å². The third-order valence-corrected chi connectivity index (χ3v) is 8.74. The van der Waals surface area contributed by atoms with Crippen LogP contribution in [-0.4, -0.2) is 19.2 Å². The third-order valence-electron chi connectivity index (χ3n) is 6.48. The van der Waals surface area contributed by atoms with E-state index in [4.69, 9.17) is 21.7 Å². The summed E-state index contributed by atoms with van der Waals surface area (Å²) in [6, 6.07) is 13.7. The van der Waals surface area contributed by atoms with E-state index in [1.54, 1.807) is 42.5 Å². The quantitative estimate of drug-likeness (QED) is 0.200. The number of benzene rings is 2. The third kappa shape index (κ3) is 4.20. The highest BCUT2D eigenvalue weighted by Gasteiger charge is 2.21. The molecule has 0 bridgehead atoms. The summed E-state index contributed by atoms with van der Waals surface area (Å²) in [6.45, 7) is 1.79. The van der Waals surface area contributed by atoms with Crippen molar-refractivity contribution in [1.82, 2.24) is 14.2 Å². The number of thiophene rings is 1. The number of rotatable bonds is 4. The maximum Gasteiger partial charge on any atom is 0.283 e. The summed E-state index contributed by atoms with van der Waals surface area (Å²) in [4.78, 5) is 31.8. The van der Waals surface area contributed by atoms with E-state index in [0.717, 1.165) is 53.0 Å². The van der Waals surface area contributed by atoms with E-state index in [9.17, 15) is 14.9 Å². The van der Waals surface area contributed by atoms with Crippen LogP contribution in [0.4, 0.5) is 5.69 Å². The van der Waals surface area contributed by atoms with Gasteiger partial charge in [0.15, 0.2) is 0 Å². The van der Waals surface area contributed by atoms with Gasteiger partial charge in [0.05, 0.1) is 16.0 Å². The molecule has 3 heterocycles. The first-order valence-corrected chi connectivity index (χ1v) is 13.8. The largest absolute Gasteiger partial charge is 0.284 e. The molecule has 6 rings (SSSR count). The fraction of sp³-hybridized carbons (Fsp3) is 0.192. The molecule has 0 N–H and O–H groups in total. The minimum absolute atomic E-state index is 0.0163. The van der Waals surface area contributed by atoms with Crippen molar-refractivity contribution in [3.63, 3.8) is 0 Å². The smallest absolute Gasteiger partial charge is 0.283 e. The molecule has 0 unspecified atom stereocenters. The van der Waals surface area contributed by atoms with Gasteiger partial charge in [-0.05, 0) is 80.1 Å². The number of hydrogen-bond acceptors (Lipinski definition) is 7. The highest BCUT2D eigenvalue weighted by molar-refractivity contribution is 7.18. The lowest BCUT2D eigenvalue weighted by molar-refractivity contribution is -0.384. The van der Waals surface area contributed by atoms with Gasteiger partial charge in [0.2, 0.25) is 4.80 Å². The normalized spacial score (nSPS) is 13.7. The Morgan fingerprint density at radius 1 is 1.08 bits per heavy atom. The molecule has 3 aromatic heterocycles. The molecule has 0 spiro atoms. The first-order chi connectivity index (χ1) is 17.9. The molecule has 37 heavy (non-hydrogen) atoms. The van der Waals surface area contributed by atoms with Crippen molar-refractivity contribution in [2.45, 2.75) is 32.6 Å². The first-order valence-electron chi connectivity index (χ1n) is 11.7. The Labute approximate surface area is 223 Å². The summed E-state index contributed by atoms with van der Waals surface area (Å²) in [5.41, 5.74) is 3.34. The Hall–Kier alpha value is -3.60. The first kappa shape index (κ1) is 23.8. The van der Waals surface area contributed by atoms with E-state index in [0.29, 0.717) is 21.0 Å². The fourth-order valence-electron chi connectivity index (χ4n) is 4.68. The number of nitrogens with zero attached hydrogens (tertiary/aromatic N) is 5. The SMILES string of the molecule is Cc1nc2sc3c(c2c(=O)n1/N=c1\scc(-c2ccc([N+](=O)[O-])cc2)n1-c1ccc(Cl)cc1)CCCC3. The lowest BCUT2D eigenvalue weighted by Crippen LogP contribution is -2.25. The average molecular weight is 550 g/mol. The van der Waals surface area contributed by atoms with Crippen LogP contribution < -0.4 is 10.4 Å². The van der Waals surface area contributed by atoms with Crippen molar-refractivity contribution in [3.8, 4) is 16.9 Å². The van der Waals surface area contributed by atoms with Crippen molar-refractivity contribution >= 4 is 50.2 Å². The standard InChI is InChI=1S/C26H20ClN5O3S2/c1-15-28-24-23(20-4-2-3-5-22(20)37-24)25(33)31(15)29-26-30(18-12-8-17(27)9-13-18)21(14-36-26)16-6-10-19(11-7-16)32(34)35/h6-14H,2-5H2,1H3/b29-26-. The van der Waals surface area contributed by atoms with Gasteiger partial charge in [0.25, 0.3) is 11.2 Å². The molecule has 2 aromatic carbocycles. The summed E-state index contributed by atoms with van der Waals surface area (Å²) in [7, 11) is 0. The van der Waals surface area contributed by atoms with E-state index in [1.807, 2.05) is 22.1 Å². The Morgan fingerprint density at radius 2 is 1.81 bits per heavy atom. The van der Waals surface area contributed by atoms with Crippen LogP contribution in [0, 0.1) is 17.0 Å². The Bertz CT molecular complexity index is 1800. The number of nitro benzene ring substituents is 1. The Morgan fingerprint density at radius 3 is 2.54 bits per heavy atom. The van der Waals surface area contributed by atoms with Crippen molar-refractivity contribution in [1.29, 1.82) is 0 Å². The maximum absolute atomic E-state index is 13.7. The second-order valence-corrected chi connectivity index (χ2v) is 11.1. The summed E-state index contributed by atoms with van der Waals surface area (Å²) in [5.74, 6) is 0.518. The number of non-ortho nitro benzene ring substituents is 1. The zero-order valence-electron chi connectivity index (χ0n) is 19.7. The molecule has 0 aliphatic heterocycles. The highest BCUT2D eigenvalue weighted by Crippen LogP contribution is 2.34. The van der Waals surface area contributed by atoms with Crippen LogP contribution in [-0.2, 0) is 12.8 Å². The van der Waals surface area contributed by atoms with Crippen molar-refractivity contribution < 1.29 is 4.92 Å². The van der Waals surface area contributed by atoms with Gasteiger partial charge in [-0.25, -0.2) is 4.98 Å². The zero-order chi connectivity index (χ0) is 25.7. The lowest BCUT2D eigenvalue weighted by atomic mass is 9.97. The van der Waals surface area contributed by atoms with E-state index < -0.39 is 4.92 Å². The molecule has 0 amide bonds. The summed E-state index contributed by atoms with van der Waals surface area (Å²) >= 11 is 9.14. The summed E-state index contributed by atoms with van der Waals surface area (Å²) in [6.07, 6.45) is 4.10. The number of hydrogen-bond donors (Lipinski definition) is 0. The van der Waals surface area contributed by atoms with Crippen LogP contribution in [0.2, 0.25) is 5.02 Å². The zero-order valence-corrected chi connectivity index (χ0v) is 22.1. The number of halogens is 1. The van der Waals surface area contributed by atoms with Gasteiger partial charge in [-0.15, -0.1) is 27.8 Å². The van der Waals surface area contributed by atoms with Crippen LogP contribution in [0.5, 0.6) is 0 Å². The van der Waals surface area contributed by atoms with Gasteiger partial charge >= 0.3 is 0 Å². The van der Waals surface area contributed by atoms with E-state index in [2.05, 4.69) is 0 Å². The van der Waals surface area contributed by atoms with Gasteiger partial charge < -0.3 is 0 Å². The van der Waals surface area contributed by atoms with Crippen LogP contribution in [0.25, 0.3) is 27.2 Å². The van der Waals surface area contributed by atoms with Gasteiger partial charge in [0.1, 0.15) is 10.7 Å². The molecular formula is C26H20ClN5O3S2. The maximum atomic E-state index is 13.7. The summed E-state index contributed by atoms with van der Waals surface area (Å²) < 4.78 is 3.31. The van der Waals surface area contributed by atoms with E-state index >= 15 is 0 Å². The van der Waals surface area contributed by atoms with Gasteiger partial charge in [-0.3, -0.25) is 19.5 Å². The van der Waals surface area contributed by atoms with Gasteiger partial charge in [-0.1, -0.05) is 11.6 Å². The number of thiazole rings is 1. The molecule has 0 saturated heterocycles. The van der Waals surface area contributed by atoms with Crippen LogP contribution >= 0.6 is 34.3 Å². The topological polar surface area (TPSA) is 95.3 Å². The molecule has 0 fully saturated rings. The predicted octanol–water partition coefficient (Wildman–Crippen LogP) is 6.09. The molecule has 186 valence electrons. The molecule has 0 saturated carbocycles. The molecular weight excluding hydrogens is 530 g/mol. The van der Waals surface area contributed by atoms with Crippen molar-refractivity contribution in [2.75, 3.05) is 0 Å². The molecule has 1 aliphatic rings. The number of aryl methyl sites for hydroxylation is 3. The van der Waals surface area contributed by atoms with Gasteiger partial charge in [0, 0.05) is 33.1 Å². The van der Waals surface area contributed by atoms with Crippen molar-refractivity contribution in [3.05, 3.63) is 100 Å². The average Bonchev–Trinajstić information content (AvgIpc) is 3.48. The lowest BCUT2D eigenvalue weighted by Gasteiger charge is -2.11. The van der Waals surface area contributed by atoms with Crippen LogP contribution in [0.15, 0.2) is 63.8 Å². The molecule has 11 heteroatoms. The summed E-state index contributed by atoms with van der Waals surface area (Å²) in [5, 5.41) is 19.1. The molecule has 0 atom stereocenters. The second kappa shape index (κ2) is 9.37. The minimum Gasteiger partial charge on any atom is -0.284 e. The Balaban J connectivity index is 1.58. The number of aromatic nitrogens is 3. The molecule has 8 nitrogen and oxygen atoms in total. The highest BCUT2D eigenvalue weighted by atomic mass is 35.5. The molecule has 1 aliphatic carbocycles. The second-order valence-electron chi connectivity index (χ2n) is 8.79. The predicted molar refractivity (Wildman–Crippen MR) is 147 cm³/mol. The number of nitro groups is 1. The monoisotopic (exact) mass is 549 g/mol.